The molecule has 7 aromatic carbocycles. The minimum Gasteiger partial charge on any atom is -0.245 e. The van der Waals surface area contributed by atoms with Crippen molar-refractivity contribution in [2.45, 2.75) is 26.2 Å². The highest BCUT2D eigenvalue weighted by molar-refractivity contribution is 6.05. The van der Waals surface area contributed by atoms with Crippen molar-refractivity contribution < 1.29 is 0 Å². The Morgan fingerprint density at radius 2 is 0.750 bits per heavy atom. The molecule has 0 N–H and O–H groups in total. The molecule has 0 aliphatic rings. The van der Waals surface area contributed by atoms with E-state index in [-0.39, 0.29) is 5.41 Å². The smallest absolute Gasteiger partial charge is 0.160 e. The van der Waals surface area contributed by atoms with Gasteiger partial charge in [0.2, 0.25) is 0 Å². The van der Waals surface area contributed by atoms with Crippen molar-refractivity contribution in [3.63, 3.8) is 0 Å². The molecule has 0 radical (unpaired) electrons. The van der Waals surface area contributed by atoms with Crippen LogP contribution in [-0.4, -0.2) is 19.9 Å². The monoisotopic (exact) mass is 770 g/mol. The number of fused-ring (bicyclic) bond motifs is 3. The van der Waals surface area contributed by atoms with Gasteiger partial charge in [0.25, 0.3) is 0 Å². The highest BCUT2D eigenvalue weighted by Crippen LogP contribution is 2.38. The van der Waals surface area contributed by atoms with Gasteiger partial charge in [-0.3, -0.25) is 0 Å². The molecule has 3 aromatic heterocycles. The Morgan fingerprint density at radius 3 is 1.38 bits per heavy atom. The molecule has 0 aliphatic carbocycles. The van der Waals surface area contributed by atoms with Crippen molar-refractivity contribution in [1.29, 1.82) is 0 Å². The van der Waals surface area contributed by atoms with Gasteiger partial charge in [-0.25, -0.2) is 19.9 Å². The molecule has 60 heavy (non-hydrogen) atoms. The van der Waals surface area contributed by atoms with E-state index in [1.165, 1.54) is 11.1 Å². The SMILES string of the molecule is CC(C)(C)c1cc(-c2cccc(-c3ccc(-c4cc(-c5ccccc5)nc(-c5ccc(-c6ccccc6)cc5)n4)cc3)c2)nc2c1ccc1ccc(-c3ccccc3)nc12. The molecule has 4 nitrogen and oxygen atoms in total. The molecule has 10 rings (SSSR count). The standard InChI is InChI=1S/C56H42N4/c1-56(2,3)48-35-50(58-54-47(48)32-30-43-31-33-49(57-53(43)54)40-16-9-5-10-17-40)46-21-13-20-45(34-46)39-22-26-42(27-23-39)52-36-51(41-18-11-6-12-19-41)59-55(60-52)44-28-24-38(25-29-44)37-14-7-4-8-15-37/h4-36H,1-3H3. The van der Waals surface area contributed by atoms with Gasteiger partial charge in [0.15, 0.2) is 5.82 Å². The molecule has 0 saturated carbocycles. The highest BCUT2D eigenvalue weighted by Gasteiger charge is 2.21. The third-order valence-electron chi connectivity index (χ3n) is 11.2. The number of hydrogen-bond donors (Lipinski definition) is 0. The van der Waals surface area contributed by atoms with Crippen LogP contribution in [0.5, 0.6) is 0 Å². The lowest BCUT2D eigenvalue weighted by Crippen LogP contribution is -2.12. The van der Waals surface area contributed by atoms with Crippen molar-refractivity contribution in [2.75, 3.05) is 0 Å². The largest absolute Gasteiger partial charge is 0.245 e. The Kier molecular flexibility index (Phi) is 9.38. The van der Waals surface area contributed by atoms with Gasteiger partial charge in [-0.15, -0.1) is 0 Å². The number of rotatable bonds is 7. The second-order valence-electron chi connectivity index (χ2n) is 16.3. The van der Waals surface area contributed by atoms with Crippen LogP contribution in [0.1, 0.15) is 26.3 Å². The number of aromatic nitrogens is 4. The van der Waals surface area contributed by atoms with E-state index in [0.717, 1.165) is 89.1 Å². The predicted octanol–water partition coefficient (Wildman–Crippen LogP) is 14.5. The highest BCUT2D eigenvalue weighted by atomic mass is 14.9. The van der Waals surface area contributed by atoms with Crippen LogP contribution in [0.2, 0.25) is 0 Å². The van der Waals surface area contributed by atoms with Crippen LogP contribution in [0.15, 0.2) is 200 Å². The van der Waals surface area contributed by atoms with Crippen molar-refractivity contribution in [1.82, 2.24) is 19.9 Å². The van der Waals surface area contributed by atoms with Crippen LogP contribution in [0.25, 0.3) is 100 Å². The fraction of sp³-hybridized carbons (Fsp3) is 0.0714. The van der Waals surface area contributed by atoms with E-state index in [1.54, 1.807) is 0 Å². The number of pyridine rings is 2. The molecule has 286 valence electrons. The molecule has 3 heterocycles. The Labute approximate surface area is 351 Å². The van der Waals surface area contributed by atoms with E-state index >= 15 is 0 Å². The molecule has 0 amide bonds. The summed E-state index contributed by atoms with van der Waals surface area (Å²) in [6.07, 6.45) is 0. The summed E-state index contributed by atoms with van der Waals surface area (Å²) in [4.78, 5) is 20.8. The topological polar surface area (TPSA) is 51.6 Å². The third-order valence-corrected chi connectivity index (χ3v) is 11.2. The molecule has 0 spiro atoms. The van der Waals surface area contributed by atoms with E-state index in [1.807, 2.05) is 30.3 Å². The van der Waals surface area contributed by atoms with Gasteiger partial charge < -0.3 is 0 Å². The average molecular weight is 771 g/mol. The maximum Gasteiger partial charge on any atom is 0.160 e. The minimum atomic E-state index is -0.110. The fourth-order valence-corrected chi connectivity index (χ4v) is 8.02. The minimum absolute atomic E-state index is 0.110. The summed E-state index contributed by atoms with van der Waals surface area (Å²) in [6, 6.07) is 70.0. The van der Waals surface area contributed by atoms with Crippen molar-refractivity contribution in [3.8, 4) is 78.7 Å². The zero-order valence-corrected chi connectivity index (χ0v) is 33.8. The van der Waals surface area contributed by atoms with Crippen LogP contribution >= 0.6 is 0 Å². The average Bonchev–Trinajstić information content (AvgIpc) is 3.31. The Bertz CT molecular complexity index is 3130. The maximum atomic E-state index is 5.38. The summed E-state index contributed by atoms with van der Waals surface area (Å²) in [7, 11) is 0. The van der Waals surface area contributed by atoms with Crippen LogP contribution in [-0.2, 0) is 5.41 Å². The van der Waals surface area contributed by atoms with E-state index in [4.69, 9.17) is 19.9 Å². The van der Waals surface area contributed by atoms with E-state index < -0.39 is 0 Å². The van der Waals surface area contributed by atoms with Crippen LogP contribution < -0.4 is 0 Å². The fourth-order valence-electron chi connectivity index (χ4n) is 8.02. The molecule has 10 aromatic rings. The molecule has 0 unspecified atom stereocenters. The molecular formula is C56H42N4. The van der Waals surface area contributed by atoms with E-state index in [0.29, 0.717) is 5.82 Å². The predicted molar refractivity (Wildman–Crippen MR) is 249 cm³/mol. The first kappa shape index (κ1) is 36.8. The summed E-state index contributed by atoms with van der Waals surface area (Å²) in [5.74, 6) is 0.694. The first-order valence-electron chi connectivity index (χ1n) is 20.5. The first-order chi connectivity index (χ1) is 29.3. The normalized spacial score (nSPS) is 11.6. The maximum absolute atomic E-state index is 5.38. The van der Waals surface area contributed by atoms with Gasteiger partial charge in [-0.2, -0.15) is 0 Å². The van der Waals surface area contributed by atoms with Gasteiger partial charge in [-0.1, -0.05) is 197 Å². The van der Waals surface area contributed by atoms with Crippen molar-refractivity contribution in [3.05, 3.63) is 206 Å². The van der Waals surface area contributed by atoms with Gasteiger partial charge in [-0.05, 0) is 57.5 Å². The lowest BCUT2D eigenvalue weighted by atomic mass is 9.83. The zero-order valence-electron chi connectivity index (χ0n) is 33.8. The molecule has 0 saturated heterocycles. The van der Waals surface area contributed by atoms with Gasteiger partial charge >= 0.3 is 0 Å². The Hall–Kier alpha value is -7.56. The summed E-state index contributed by atoms with van der Waals surface area (Å²) >= 11 is 0. The quantitative estimate of drug-likeness (QED) is 0.151. The summed E-state index contributed by atoms with van der Waals surface area (Å²) in [5, 5.41) is 2.21. The summed E-state index contributed by atoms with van der Waals surface area (Å²) in [5.41, 5.74) is 16.4. The van der Waals surface area contributed by atoms with Gasteiger partial charge in [0, 0.05) is 38.6 Å². The summed E-state index contributed by atoms with van der Waals surface area (Å²) in [6.45, 7) is 6.81. The van der Waals surface area contributed by atoms with Crippen LogP contribution in [0.3, 0.4) is 0 Å². The molecule has 4 heteroatoms. The Balaban J connectivity index is 1.02. The molecule has 0 fully saturated rings. The number of hydrogen-bond acceptors (Lipinski definition) is 4. The van der Waals surface area contributed by atoms with Crippen LogP contribution in [0, 0.1) is 0 Å². The van der Waals surface area contributed by atoms with E-state index in [2.05, 4.69) is 191 Å². The number of nitrogens with zero attached hydrogens (tertiary/aromatic N) is 4. The Morgan fingerprint density at radius 1 is 0.300 bits per heavy atom. The van der Waals surface area contributed by atoms with Gasteiger partial charge in [0.1, 0.15) is 0 Å². The third kappa shape index (κ3) is 7.25. The molecule has 0 aliphatic heterocycles. The molecule has 0 bridgehead atoms. The van der Waals surface area contributed by atoms with Crippen LogP contribution in [0.4, 0.5) is 0 Å². The molecular weight excluding hydrogens is 729 g/mol. The molecule has 0 atom stereocenters. The summed E-state index contributed by atoms with van der Waals surface area (Å²) < 4.78 is 0. The lowest BCUT2D eigenvalue weighted by molar-refractivity contribution is 0.595. The van der Waals surface area contributed by atoms with Crippen molar-refractivity contribution >= 4 is 21.8 Å². The first-order valence-corrected chi connectivity index (χ1v) is 20.5. The van der Waals surface area contributed by atoms with Crippen molar-refractivity contribution in [2.24, 2.45) is 0 Å². The second kappa shape index (κ2) is 15.3. The number of benzene rings is 7. The second-order valence-corrected chi connectivity index (χ2v) is 16.3. The zero-order chi connectivity index (χ0) is 40.6. The van der Waals surface area contributed by atoms with Gasteiger partial charge in [0.05, 0.1) is 33.8 Å². The lowest BCUT2D eigenvalue weighted by Gasteiger charge is -2.23. The van der Waals surface area contributed by atoms with E-state index in [9.17, 15) is 0 Å².